The highest BCUT2D eigenvalue weighted by Crippen LogP contribution is 2.33. The van der Waals surface area contributed by atoms with Gasteiger partial charge < -0.3 is 99.8 Å². The number of hydrogen-bond acceptors (Lipinski definition) is 20. The maximum atomic E-state index is 12.3. The van der Waals surface area contributed by atoms with Crippen molar-refractivity contribution in [1.29, 1.82) is 0 Å². The molecule has 4 aliphatic heterocycles. The van der Waals surface area contributed by atoms with Gasteiger partial charge in [-0.3, -0.25) is 4.79 Å². The number of carbonyl (C=O) groups is 1. The second-order valence-corrected chi connectivity index (χ2v) is 11.9. The van der Waals surface area contributed by atoms with Gasteiger partial charge in [0.2, 0.25) is 5.91 Å². The predicted octanol–water partition coefficient (Wildman–Crippen LogP) is -8.58. The number of hydrogen-bond donors (Lipinski definition) is 13. The van der Waals surface area contributed by atoms with Crippen LogP contribution in [0.2, 0.25) is 0 Å². The van der Waals surface area contributed by atoms with Crippen LogP contribution in [0.25, 0.3) is 0 Å². The van der Waals surface area contributed by atoms with E-state index in [1.807, 2.05) is 0 Å². The Morgan fingerprint density at radius 2 is 1.15 bits per heavy atom. The van der Waals surface area contributed by atoms with Crippen LogP contribution in [0.5, 0.6) is 0 Å². The summed E-state index contributed by atoms with van der Waals surface area (Å²) in [6, 6.07) is -1.53. The zero-order valence-electron chi connectivity index (χ0n) is 25.3. The van der Waals surface area contributed by atoms with Crippen LogP contribution < -0.4 is 5.32 Å². The molecule has 0 aliphatic carbocycles. The average molecular weight is 692 g/mol. The minimum atomic E-state index is -1.91. The molecule has 0 saturated carbocycles. The third-order valence-corrected chi connectivity index (χ3v) is 8.55. The first-order valence-electron chi connectivity index (χ1n) is 14.9. The van der Waals surface area contributed by atoms with Gasteiger partial charge in [0.05, 0.1) is 25.9 Å². The predicted molar refractivity (Wildman–Crippen MR) is 144 cm³/mol. The molecule has 4 rings (SSSR count). The van der Waals surface area contributed by atoms with Crippen LogP contribution in [0.4, 0.5) is 0 Å². The summed E-state index contributed by atoms with van der Waals surface area (Å²) < 4.78 is 39.1. The van der Waals surface area contributed by atoms with E-state index in [2.05, 4.69) is 5.32 Å². The Morgan fingerprint density at radius 1 is 0.596 bits per heavy atom. The summed E-state index contributed by atoms with van der Waals surface area (Å²) in [5.74, 6) is -0.722. The Bertz CT molecular complexity index is 1010. The van der Waals surface area contributed by atoms with Crippen molar-refractivity contribution in [2.45, 2.75) is 137 Å². The third-order valence-electron chi connectivity index (χ3n) is 8.55. The molecule has 4 heterocycles. The summed E-state index contributed by atoms with van der Waals surface area (Å²) >= 11 is 0. The molecule has 4 fully saturated rings. The lowest BCUT2D eigenvalue weighted by Crippen LogP contribution is -2.69. The monoisotopic (exact) mass is 691 g/mol. The van der Waals surface area contributed by atoms with Crippen molar-refractivity contribution in [1.82, 2.24) is 5.32 Å². The smallest absolute Gasteiger partial charge is 0.217 e. The minimum absolute atomic E-state index is 0.679. The van der Waals surface area contributed by atoms with Crippen LogP contribution in [-0.4, -0.2) is 210 Å². The summed E-state index contributed by atoms with van der Waals surface area (Å²) in [6.45, 7) is 0.110. The molecule has 13 N–H and O–H groups in total. The fourth-order valence-electron chi connectivity index (χ4n) is 5.76. The summed E-state index contributed by atoms with van der Waals surface area (Å²) in [5, 5.41) is 125. The lowest BCUT2D eigenvalue weighted by atomic mass is 9.94. The van der Waals surface area contributed by atoms with Gasteiger partial charge in [-0.25, -0.2) is 0 Å². The van der Waals surface area contributed by atoms with Crippen LogP contribution in [-0.2, 0) is 38.0 Å². The van der Waals surface area contributed by atoms with E-state index in [4.69, 9.17) is 33.2 Å². The highest BCUT2D eigenvalue weighted by atomic mass is 16.8. The standard InChI is InChI=1S/C26H45NO20/c1-6-12(31)16(35)20(39)25(42-6)46-21-11(27-7(2)30)24(44-9(4-29)15(21)34)47-22-18(37)13(32)8(3-28)45-26(22)41-5-10-14(33)17(36)19(38)23(40)43-10/h6,8-26,28-29,31-40H,3-5H2,1-2H3,(H,27,30)/t6-,8+,9+,10+,11+,12+,13+,14+,15+,16+,17-,18-,19-,20-,21+,22-,23-,24-,25-,26-/m0/s1. The van der Waals surface area contributed by atoms with Gasteiger partial charge in [-0.1, -0.05) is 0 Å². The Morgan fingerprint density at radius 3 is 1.77 bits per heavy atom. The third kappa shape index (κ3) is 8.20. The molecule has 4 aliphatic rings. The van der Waals surface area contributed by atoms with Gasteiger partial charge in [-0.15, -0.1) is 0 Å². The van der Waals surface area contributed by atoms with E-state index in [0.717, 1.165) is 6.92 Å². The molecule has 0 aromatic rings. The first-order chi connectivity index (χ1) is 22.1. The van der Waals surface area contributed by atoms with E-state index in [0.29, 0.717) is 0 Å². The Hall–Kier alpha value is -1.29. The number of aliphatic hydroxyl groups excluding tert-OH is 12. The van der Waals surface area contributed by atoms with Gasteiger partial charge in [-0.05, 0) is 6.92 Å². The van der Waals surface area contributed by atoms with Gasteiger partial charge in [0, 0.05) is 6.92 Å². The molecule has 0 aromatic carbocycles. The maximum Gasteiger partial charge on any atom is 0.217 e. The number of amides is 1. The lowest BCUT2D eigenvalue weighted by Gasteiger charge is -2.49. The van der Waals surface area contributed by atoms with E-state index < -0.39 is 148 Å². The van der Waals surface area contributed by atoms with Crippen molar-refractivity contribution in [2.24, 2.45) is 0 Å². The summed E-state index contributed by atoms with van der Waals surface area (Å²) in [6.07, 6.45) is -31.9. The fourth-order valence-corrected chi connectivity index (χ4v) is 5.76. The number of aliphatic hydroxyl groups is 12. The molecule has 274 valence electrons. The van der Waals surface area contributed by atoms with Crippen molar-refractivity contribution in [3.05, 3.63) is 0 Å². The van der Waals surface area contributed by atoms with Gasteiger partial charge in [0.1, 0.15) is 91.5 Å². The first-order valence-corrected chi connectivity index (χ1v) is 14.9. The summed E-state index contributed by atoms with van der Waals surface area (Å²) in [7, 11) is 0. The molecule has 21 heteroatoms. The molecule has 0 unspecified atom stereocenters. The van der Waals surface area contributed by atoms with Gasteiger partial charge in [0.15, 0.2) is 25.2 Å². The zero-order valence-corrected chi connectivity index (χ0v) is 25.3. The highest BCUT2D eigenvalue weighted by molar-refractivity contribution is 5.73. The van der Waals surface area contributed by atoms with Crippen LogP contribution in [0, 0.1) is 0 Å². The average Bonchev–Trinajstić information content (AvgIpc) is 3.03. The minimum Gasteiger partial charge on any atom is -0.394 e. The van der Waals surface area contributed by atoms with Crippen molar-refractivity contribution in [3.8, 4) is 0 Å². The zero-order chi connectivity index (χ0) is 34.9. The largest absolute Gasteiger partial charge is 0.394 e. The van der Waals surface area contributed by atoms with Crippen molar-refractivity contribution < 1.29 is 99.2 Å². The molecular formula is C26H45NO20. The molecule has 0 radical (unpaired) electrons. The van der Waals surface area contributed by atoms with E-state index in [-0.39, 0.29) is 0 Å². The van der Waals surface area contributed by atoms with Gasteiger partial charge in [0.25, 0.3) is 0 Å². The molecule has 1 amide bonds. The van der Waals surface area contributed by atoms with Crippen molar-refractivity contribution in [3.63, 3.8) is 0 Å². The SMILES string of the molecule is CC(=O)N[C@H]1[C@H](O[C@@H]2[C@@H](OC[C@H]3O[C@H](O)[C@@H](O)[C@@H](O)[C@@H]3O)O[C@H](CO)[C@@H](O)[C@@H]2O)O[C@H](CO)[C@@H](O)[C@@H]1O[C@@H]1O[C@@H](C)[C@@H](O)[C@@H](O)[C@@H]1O. The molecule has 0 aromatic heterocycles. The summed E-state index contributed by atoms with van der Waals surface area (Å²) in [4.78, 5) is 12.3. The van der Waals surface area contributed by atoms with Crippen LogP contribution in [0.3, 0.4) is 0 Å². The lowest BCUT2D eigenvalue weighted by molar-refractivity contribution is -0.373. The molecule has 21 nitrogen and oxygen atoms in total. The van der Waals surface area contributed by atoms with E-state index in [9.17, 15) is 66.1 Å². The van der Waals surface area contributed by atoms with Crippen molar-refractivity contribution >= 4 is 5.91 Å². The van der Waals surface area contributed by atoms with Gasteiger partial charge >= 0.3 is 0 Å². The van der Waals surface area contributed by atoms with Crippen LogP contribution in [0.1, 0.15) is 13.8 Å². The number of nitrogens with one attached hydrogen (secondary N) is 1. The molecular weight excluding hydrogens is 646 g/mol. The number of rotatable bonds is 10. The molecule has 20 atom stereocenters. The number of ether oxygens (including phenoxy) is 7. The van der Waals surface area contributed by atoms with E-state index >= 15 is 0 Å². The molecule has 47 heavy (non-hydrogen) atoms. The van der Waals surface area contributed by atoms with E-state index in [1.54, 1.807) is 0 Å². The number of carbonyl (C=O) groups excluding carboxylic acids is 1. The Labute approximate surface area is 267 Å². The second-order valence-electron chi connectivity index (χ2n) is 11.9. The summed E-state index contributed by atoms with van der Waals surface area (Å²) in [5.41, 5.74) is 0. The molecule has 0 spiro atoms. The van der Waals surface area contributed by atoms with Crippen LogP contribution in [0.15, 0.2) is 0 Å². The normalized spacial score (nSPS) is 51.0. The topological polar surface area (TPSA) is 336 Å². The van der Waals surface area contributed by atoms with E-state index in [1.165, 1.54) is 6.92 Å². The second kappa shape index (κ2) is 16.2. The molecule has 0 bridgehead atoms. The van der Waals surface area contributed by atoms with Crippen molar-refractivity contribution in [2.75, 3.05) is 19.8 Å². The Balaban J connectivity index is 1.59. The fraction of sp³-hybridized carbons (Fsp3) is 0.962. The van der Waals surface area contributed by atoms with Gasteiger partial charge in [-0.2, -0.15) is 0 Å². The van der Waals surface area contributed by atoms with Crippen LogP contribution >= 0.6 is 0 Å². The highest BCUT2D eigenvalue weighted by Gasteiger charge is 2.54. The quantitative estimate of drug-likeness (QED) is 0.101. The Kier molecular flexibility index (Phi) is 13.2. The first kappa shape index (κ1) is 38.5. The molecule has 4 saturated heterocycles. The maximum absolute atomic E-state index is 12.3.